The van der Waals surface area contributed by atoms with Gasteiger partial charge in [0.15, 0.2) is 0 Å². The summed E-state index contributed by atoms with van der Waals surface area (Å²) in [7, 11) is 2.13. The van der Waals surface area contributed by atoms with E-state index >= 15 is 0 Å². The van der Waals surface area contributed by atoms with Crippen LogP contribution in [-0.2, 0) is 0 Å². The maximum atomic E-state index is 2.25. The number of hydrogen-bond acceptors (Lipinski definition) is 0. The second-order valence-electron chi connectivity index (χ2n) is 2.26. The smallest absolute Gasteiger partial charge is 0.0753 e. The van der Waals surface area contributed by atoms with Crippen molar-refractivity contribution in [1.82, 2.24) is 0 Å². The molecule has 1 nitrogen and oxygen atoms in total. The number of nitrogens with two attached hydrogens (primary N) is 1. The molecule has 0 heterocycles. The van der Waals surface area contributed by atoms with E-state index in [1.807, 2.05) is 0 Å². The Labute approximate surface area is 76.8 Å². The van der Waals surface area contributed by atoms with Crippen LogP contribution in [0.3, 0.4) is 0 Å². The van der Waals surface area contributed by atoms with Crippen molar-refractivity contribution in [2.75, 3.05) is 13.6 Å². The standard InChI is InChI=1S/C7H17N.2ClH/c1-3-4-5-6-7-8-2;;/h8H,3-7H2,1-2H3;2*1H/p-1. The van der Waals surface area contributed by atoms with Crippen LogP contribution in [0.15, 0.2) is 0 Å². The first-order valence-electron chi connectivity index (χ1n) is 3.69. The van der Waals surface area contributed by atoms with Crippen LogP contribution >= 0.6 is 0 Å². The van der Waals surface area contributed by atoms with Gasteiger partial charge < -0.3 is 30.1 Å². The summed E-state index contributed by atoms with van der Waals surface area (Å²) in [6.45, 7) is 3.55. The van der Waals surface area contributed by atoms with Crippen LogP contribution in [0.4, 0.5) is 0 Å². The predicted octanol–water partition coefficient (Wildman–Crippen LogP) is -5.23. The van der Waals surface area contributed by atoms with Gasteiger partial charge in [0.25, 0.3) is 0 Å². The van der Waals surface area contributed by atoms with Gasteiger partial charge in [-0.25, -0.2) is 0 Å². The Hall–Kier alpha value is 0.540. The molecule has 2 N–H and O–H groups in total. The Morgan fingerprint density at radius 2 is 1.60 bits per heavy atom. The lowest BCUT2D eigenvalue weighted by atomic mass is 10.2. The Kier molecular flexibility index (Phi) is 27.4. The molecule has 10 heavy (non-hydrogen) atoms. The van der Waals surface area contributed by atoms with E-state index in [4.69, 9.17) is 0 Å². The fourth-order valence-corrected chi connectivity index (χ4v) is 0.775. The molecule has 0 aliphatic heterocycles. The van der Waals surface area contributed by atoms with Gasteiger partial charge in [0.1, 0.15) is 0 Å². The number of unbranched alkanes of at least 4 members (excludes halogenated alkanes) is 3. The summed E-state index contributed by atoms with van der Waals surface area (Å²) in [5.41, 5.74) is 0. The van der Waals surface area contributed by atoms with Crippen LogP contribution < -0.4 is 30.1 Å². The van der Waals surface area contributed by atoms with Gasteiger partial charge in [0.2, 0.25) is 0 Å². The molecule has 0 aromatic heterocycles. The van der Waals surface area contributed by atoms with Crippen molar-refractivity contribution in [3.05, 3.63) is 0 Å². The van der Waals surface area contributed by atoms with Crippen molar-refractivity contribution in [3.8, 4) is 0 Å². The molecular formula is C7H18Cl2N-. The number of halogens is 2. The van der Waals surface area contributed by atoms with Gasteiger partial charge >= 0.3 is 0 Å². The minimum atomic E-state index is 0. The van der Waals surface area contributed by atoms with E-state index in [1.165, 1.54) is 32.2 Å². The molecule has 0 atom stereocenters. The zero-order chi connectivity index (χ0) is 6.24. The van der Waals surface area contributed by atoms with Gasteiger partial charge in [-0.15, -0.1) is 0 Å². The molecule has 0 bridgehead atoms. The summed E-state index contributed by atoms with van der Waals surface area (Å²) >= 11 is 0. The van der Waals surface area contributed by atoms with Crippen LogP contribution in [0, 0.1) is 0 Å². The highest BCUT2D eigenvalue weighted by Crippen LogP contribution is 1.95. The van der Waals surface area contributed by atoms with Gasteiger partial charge in [-0.2, -0.15) is 0 Å². The Bertz CT molecular complexity index is 36.6. The molecule has 0 saturated carbocycles. The Morgan fingerprint density at radius 1 is 1.00 bits per heavy atom. The first-order valence-corrected chi connectivity index (χ1v) is 3.69. The summed E-state index contributed by atoms with van der Waals surface area (Å²) in [5, 5.41) is 2.25. The van der Waals surface area contributed by atoms with E-state index in [1.54, 1.807) is 0 Å². The summed E-state index contributed by atoms with van der Waals surface area (Å²) < 4.78 is 0. The summed E-state index contributed by atoms with van der Waals surface area (Å²) in [6, 6.07) is 0. The maximum absolute atomic E-state index is 2.25. The average Bonchev–Trinajstić information content (AvgIpc) is 1.81. The van der Waals surface area contributed by atoms with Crippen LogP contribution in [0.25, 0.3) is 0 Å². The van der Waals surface area contributed by atoms with Gasteiger partial charge in [-0.05, 0) is 12.8 Å². The van der Waals surface area contributed by atoms with Crippen molar-refractivity contribution < 1.29 is 30.1 Å². The summed E-state index contributed by atoms with van der Waals surface area (Å²) in [4.78, 5) is 0. The molecule has 0 aromatic rings. The molecule has 0 aromatic carbocycles. The van der Waals surface area contributed by atoms with Gasteiger partial charge in [-0.1, -0.05) is 19.8 Å². The van der Waals surface area contributed by atoms with E-state index in [2.05, 4.69) is 19.3 Å². The lowest BCUT2D eigenvalue weighted by molar-refractivity contribution is -0.627. The van der Waals surface area contributed by atoms with Gasteiger partial charge in [-0.3, -0.25) is 0 Å². The third-order valence-corrected chi connectivity index (χ3v) is 1.35. The van der Waals surface area contributed by atoms with E-state index in [0.717, 1.165) is 0 Å². The molecule has 0 spiro atoms. The van der Waals surface area contributed by atoms with Crippen LogP contribution in [0.1, 0.15) is 32.6 Å². The Balaban J connectivity index is -0.000000245. The van der Waals surface area contributed by atoms with E-state index < -0.39 is 0 Å². The number of hydrogen-bond donors (Lipinski definition) is 1. The highest BCUT2D eigenvalue weighted by molar-refractivity contribution is 4.35. The second-order valence-corrected chi connectivity index (χ2v) is 2.26. The zero-order valence-electron chi connectivity index (χ0n) is 6.87. The molecule has 0 saturated heterocycles. The normalized spacial score (nSPS) is 7.80. The van der Waals surface area contributed by atoms with Crippen molar-refractivity contribution >= 4 is 0 Å². The molecule has 0 unspecified atom stereocenters. The molecule has 0 aliphatic carbocycles. The number of rotatable bonds is 5. The molecule has 3 heteroatoms. The zero-order valence-corrected chi connectivity index (χ0v) is 8.38. The third kappa shape index (κ3) is 15.8. The monoisotopic (exact) mass is 186 g/mol. The topological polar surface area (TPSA) is 16.6 Å². The van der Waals surface area contributed by atoms with Crippen LogP contribution in [-0.4, -0.2) is 13.6 Å². The highest BCUT2D eigenvalue weighted by atomic mass is 35.5. The molecular weight excluding hydrogens is 169 g/mol. The molecule has 0 amide bonds. The molecule has 0 rings (SSSR count). The third-order valence-electron chi connectivity index (χ3n) is 1.35. The lowest BCUT2D eigenvalue weighted by Crippen LogP contribution is -3.00. The SMILES string of the molecule is CCCCCC[NH2+]C.[Cl-].[Cl-]. The van der Waals surface area contributed by atoms with Crippen molar-refractivity contribution in [1.29, 1.82) is 0 Å². The van der Waals surface area contributed by atoms with E-state index in [9.17, 15) is 0 Å². The quantitative estimate of drug-likeness (QED) is 0.414. The fraction of sp³-hybridized carbons (Fsp3) is 1.00. The summed E-state index contributed by atoms with van der Waals surface area (Å²) in [6.07, 6.45) is 5.57. The highest BCUT2D eigenvalue weighted by Gasteiger charge is 1.84. The molecule has 0 fully saturated rings. The van der Waals surface area contributed by atoms with Gasteiger partial charge in [0, 0.05) is 0 Å². The molecule has 66 valence electrons. The van der Waals surface area contributed by atoms with Crippen LogP contribution in [0.2, 0.25) is 0 Å². The van der Waals surface area contributed by atoms with Crippen molar-refractivity contribution in [3.63, 3.8) is 0 Å². The first kappa shape index (κ1) is 16.9. The predicted molar refractivity (Wildman–Crippen MR) is 36.9 cm³/mol. The van der Waals surface area contributed by atoms with Gasteiger partial charge in [0.05, 0.1) is 13.6 Å². The van der Waals surface area contributed by atoms with E-state index in [0.29, 0.717) is 0 Å². The number of quaternary nitrogens is 1. The van der Waals surface area contributed by atoms with Crippen molar-refractivity contribution in [2.45, 2.75) is 32.6 Å². The minimum absolute atomic E-state index is 0. The van der Waals surface area contributed by atoms with Crippen molar-refractivity contribution in [2.24, 2.45) is 0 Å². The first-order chi connectivity index (χ1) is 3.91. The Morgan fingerprint density at radius 3 is 2.00 bits per heavy atom. The fourth-order valence-electron chi connectivity index (χ4n) is 0.775. The minimum Gasteiger partial charge on any atom is -1.00 e. The summed E-state index contributed by atoms with van der Waals surface area (Å²) in [5.74, 6) is 0. The second kappa shape index (κ2) is 16.3. The van der Waals surface area contributed by atoms with E-state index in [-0.39, 0.29) is 24.8 Å². The van der Waals surface area contributed by atoms with Crippen LogP contribution in [0.5, 0.6) is 0 Å². The molecule has 0 radical (unpaired) electrons. The molecule has 0 aliphatic rings. The maximum Gasteiger partial charge on any atom is 0.0753 e. The lowest BCUT2D eigenvalue weighted by Gasteiger charge is -1.93. The average molecular weight is 187 g/mol. The largest absolute Gasteiger partial charge is 1.00 e.